The molecule has 1 fully saturated rings. The highest BCUT2D eigenvalue weighted by molar-refractivity contribution is 5.15. The quantitative estimate of drug-likeness (QED) is 0.825. The molecule has 20 heavy (non-hydrogen) atoms. The highest BCUT2D eigenvalue weighted by Gasteiger charge is 2.29. The summed E-state index contributed by atoms with van der Waals surface area (Å²) in [6, 6.07) is 10.8. The van der Waals surface area contributed by atoms with Gasteiger partial charge in [0.15, 0.2) is 0 Å². The van der Waals surface area contributed by atoms with Crippen LogP contribution in [0.5, 0.6) is 0 Å². The van der Waals surface area contributed by atoms with E-state index in [1.165, 1.54) is 37.8 Å². The van der Waals surface area contributed by atoms with E-state index in [0.29, 0.717) is 0 Å². The third-order valence-electron chi connectivity index (χ3n) is 5.16. The first-order valence-electron chi connectivity index (χ1n) is 8.09. The van der Waals surface area contributed by atoms with Gasteiger partial charge in [0, 0.05) is 18.6 Å². The van der Waals surface area contributed by atoms with Crippen molar-refractivity contribution in [3.63, 3.8) is 0 Å². The molecule has 112 valence electrons. The molecule has 2 nitrogen and oxygen atoms in total. The van der Waals surface area contributed by atoms with E-state index < -0.39 is 0 Å². The Hall–Kier alpha value is -0.860. The summed E-state index contributed by atoms with van der Waals surface area (Å²) in [4.78, 5) is 2.52. The van der Waals surface area contributed by atoms with Gasteiger partial charge >= 0.3 is 0 Å². The standard InChI is InChI=1S/C18H30N2/c1-18(15-19,13-12-16-8-4-3-5-9-16)20(2)14-17-10-6-7-11-17/h3-5,8-9,17H,6-7,10-15,19H2,1-2H3. The van der Waals surface area contributed by atoms with Gasteiger partial charge in [0.2, 0.25) is 0 Å². The van der Waals surface area contributed by atoms with E-state index in [2.05, 4.69) is 49.2 Å². The number of nitrogens with two attached hydrogens (primary N) is 1. The van der Waals surface area contributed by atoms with E-state index in [9.17, 15) is 0 Å². The zero-order valence-electron chi connectivity index (χ0n) is 13.1. The fourth-order valence-electron chi connectivity index (χ4n) is 3.31. The minimum absolute atomic E-state index is 0.123. The maximum Gasteiger partial charge on any atom is 0.0303 e. The minimum atomic E-state index is 0.123. The van der Waals surface area contributed by atoms with Crippen molar-refractivity contribution in [1.29, 1.82) is 0 Å². The SMILES string of the molecule is CN(CC1CCCC1)C(C)(CN)CCc1ccccc1. The number of likely N-dealkylation sites (N-methyl/N-ethyl adjacent to an activating group) is 1. The summed E-state index contributed by atoms with van der Waals surface area (Å²) in [6.07, 6.45) is 7.90. The van der Waals surface area contributed by atoms with Crippen LogP contribution in [0.1, 0.15) is 44.6 Å². The van der Waals surface area contributed by atoms with Crippen molar-refractivity contribution in [2.75, 3.05) is 20.1 Å². The minimum Gasteiger partial charge on any atom is -0.329 e. The average molecular weight is 274 g/mol. The smallest absolute Gasteiger partial charge is 0.0303 e. The third-order valence-corrected chi connectivity index (χ3v) is 5.16. The molecule has 0 heterocycles. The van der Waals surface area contributed by atoms with Crippen LogP contribution in [0, 0.1) is 5.92 Å². The van der Waals surface area contributed by atoms with Gasteiger partial charge in [0.05, 0.1) is 0 Å². The Bertz CT molecular complexity index is 384. The number of benzene rings is 1. The van der Waals surface area contributed by atoms with Crippen LogP contribution in [0.3, 0.4) is 0 Å². The van der Waals surface area contributed by atoms with Crippen molar-refractivity contribution in [1.82, 2.24) is 4.90 Å². The lowest BCUT2D eigenvalue weighted by Gasteiger charge is -2.39. The van der Waals surface area contributed by atoms with Gasteiger partial charge in [-0.1, -0.05) is 43.2 Å². The van der Waals surface area contributed by atoms with E-state index in [0.717, 1.165) is 25.3 Å². The van der Waals surface area contributed by atoms with E-state index in [1.807, 2.05) is 0 Å². The maximum atomic E-state index is 6.10. The molecule has 2 N–H and O–H groups in total. The molecule has 1 saturated carbocycles. The molecule has 1 aromatic carbocycles. The van der Waals surface area contributed by atoms with Gasteiger partial charge in [-0.15, -0.1) is 0 Å². The monoisotopic (exact) mass is 274 g/mol. The fraction of sp³-hybridized carbons (Fsp3) is 0.667. The Kier molecular flexibility index (Phi) is 5.62. The lowest BCUT2D eigenvalue weighted by molar-refractivity contribution is 0.114. The summed E-state index contributed by atoms with van der Waals surface area (Å²) in [5, 5.41) is 0. The first-order valence-corrected chi connectivity index (χ1v) is 8.09. The van der Waals surface area contributed by atoms with Gasteiger partial charge in [0.25, 0.3) is 0 Å². The molecule has 0 aromatic heterocycles. The second-order valence-electron chi connectivity index (χ2n) is 6.72. The van der Waals surface area contributed by atoms with Crippen LogP contribution >= 0.6 is 0 Å². The van der Waals surface area contributed by atoms with Crippen LogP contribution < -0.4 is 5.73 Å². The molecule has 1 aliphatic carbocycles. The lowest BCUT2D eigenvalue weighted by Crippen LogP contribution is -2.51. The molecule has 1 atom stereocenters. The number of nitrogens with zero attached hydrogens (tertiary/aromatic N) is 1. The van der Waals surface area contributed by atoms with E-state index >= 15 is 0 Å². The molecule has 0 aliphatic heterocycles. The van der Waals surface area contributed by atoms with Gasteiger partial charge in [-0.05, 0) is 51.1 Å². The van der Waals surface area contributed by atoms with E-state index in [1.54, 1.807) is 0 Å². The van der Waals surface area contributed by atoms with Crippen molar-refractivity contribution < 1.29 is 0 Å². The molecular weight excluding hydrogens is 244 g/mol. The third kappa shape index (κ3) is 4.07. The Morgan fingerprint density at radius 3 is 2.45 bits per heavy atom. The lowest BCUT2D eigenvalue weighted by atomic mass is 9.90. The Morgan fingerprint density at radius 1 is 1.20 bits per heavy atom. The van der Waals surface area contributed by atoms with Gasteiger partial charge in [-0.25, -0.2) is 0 Å². The second kappa shape index (κ2) is 7.24. The predicted octanol–water partition coefficient (Wildman–Crippen LogP) is 3.46. The van der Waals surface area contributed by atoms with Crippen LogP contribution in [-0.4, -0.2) is 30.6 Å². The van der Waals surface area contributed by atoms with Crippen molar-refractivity contribution in [2.24, 2.45) is 11.7 Å². The highest BCUT2D eigenvalue weighted by atomic mass is 15.2. The molecule has 0 amide bonds. The zero-order valence-corrected chi connectivity index (χ0v) is 13.1. The summed E-state index contributed by atoms with van der Waals surface area (Å²) in [5.74, 6) is 0.891. The van der Waals surface area contributed by atoms with E-state index in [-0.39, 0.29) is 5.54 Å². The molecule has 0 radical (unpaired) electrons. The second-order valence-corrected chi connectivity index (χ2v) is 6.72. The largest absolute Gasteiger partial charge is 0.329 e. The van der Waals surface area contributed by atoms with Crippen LogP contribution in [0.2, 0.25) is 0 Å². The van der Waals surface area contributed by atoms with Gasteiger partial charge in [-0.3, -0.25) is 4.90 Å². The number of hydrogen-bond donors (Lipinski definition) is 1. The fourth-order valence-corrected chi connectivity index (χ4v) is 3.31. The predicted molar refractivity (Wildman–Crippen MR) is 86.8 cm³/mol. The molecule has 1 aliphatic rings. The Labute approximate surface area is 124 Å². The first-order chi connectivity index (χ1) is 9.64. The number of hydrogen-bond acceptors (Lipinski definition) is 2. The molecule has 0 spiro atoms. The molecular formula is C18H30N2. The number of rotatable bonds is 7. The maximum absolute atomic E-state index is 6.10. The summed E-state index contributed by atoms with van der Waals surface area (Å²) >= 11 is 0. The molecule has 1 unspecified atom stereocenters. The normalized spacial score (nSPS) is 19.4. The summed E-state index contributed by atoms with van der Waals surface area (Å²) < 4.78 is 0. The van der Waals surface area contributed by atoms with E-state index in [4.69, 9.17) is 5.73 Å². The molecule has 0 saturated heterocycles. The van der Waals surface area contributed by atoms with Gasteiger partial charge < -0.3 is 5.73 Å². The molecule has 2 rings (SSSR count). The Morgan fingerprint density at radius 2 is 1.85 bits per heavy atom. The van der Waals surface area contributed by atoms with Crippen LogP contribution in [0.15, 0.2) is 30.3 Å². The Balaban J connectivity index is 1.89. The molecule has 0 bridgehead atoms. The first kappa shape index (κ1) is 15.5. The zero-order chi connectivity index (χ0) is 14.4. The van der Waals surface area contributed by atoms with Crippen LogP contribution in [-0.2, 0) is 6.42 Å². The molecule has 2 heteroatoms. The van der Waals surface area contributed by atoms with Crippen molar-refractivity contribution in [2.45, 2.75) is 51.0 Å². The van der Waals surface area contributed by atoms with Crippen LogP contribution in [0.4, 0.5) is 0 Å². The highest BCUT2D eigenvalue weighted by Crippen LogP contribution is 2.28. The van der Waals surface area contributed by atoms with Crippen molar-refractivity contribution in [3.8, 4) is 0 Å². The van der Waals surface area contributed by atoms with Crippen molar-refractivity contribution in [3.05, 3.63) is 35.9 Å². The summed E-state index contributed by atoms with van der Waals surface area (Å²) in [7, 11) is 2.26. The topological polar surface area (TPSA) is 29.3 Å². The summed E-state index contributed by atoms with van der Waals surface area (Å²) in [6.45, 7) is 4.27. The van der Waals surface area contributed by atoms with Gasteiger partial charge in [-0.2, -0.15) is 0 Å². The van der Waals surface area contributed by atoms with Gasteiger partial charge in [0.1, 0.15) is 0 Å². The van der Waals surface area contributed by atoms with Crippen LogP contribution in [0.25, 0.3) is 0 Å². The number of aryl methyl sites for hydroxylation is 1. The van der Waals surface area contributed by atoms with Crippen molar-refractivity contribution >= 4 is 0 Å². The molecule has 1 aromatic rings. The average Bonchev–Trinajstić information content (AvgIpc) is 2.98. The summed E-state index contributed by atoms with van der Waals surface area (Å²) in [5.41, 5.74) is 7.65.